The first-order valence-electron chi connectivity index (χ1n) is 8.90. The highest BCUT2D eigenvalue weighted by Crippen LogP contribution is 2.23. The first-order valence-corrected chi connectivity index (χ1v) is 8.90. The number of carbonyl (C=O) groups excluding carboxylic acids is 1. The lowest BCUT2D eigenvalue weighted by atomic mass is 10.1. The lowest BCUT2D eigenvalue weighted by Gasteiger charge is -2.03. The van der Waals surface area contributed by atoms with Crippen LogP contribution >= 0.6 is 0 Å². The molecule has 0 fully saturated rings. The van der Waals surface area contributed by atoms with E-state index in [1.165, 1.54) is 0 Å². The van der Waals surface area contributed by atoms with Gasteiger partial charge < -0.3 is 14.4 Å². The average molecular weight is 374 g/mol. The molecule has 7 heteroatoms. The molecule has 0 atom stereocenters. The van der Waals surface area contributed by atoms with Gasteiger partial charge in [0, 0.05) is 29.3 Å². The Labute approximate surface area is 161 Å². The van der Waals surface area contributed by atoms with E-state index in [1.807, 2.05) is 50.2 Å². The van der Waals surface area contributed by atoms with Gasteiger partial charge in [0.15, 0.2) is 17.3 Å². The fourth-order valence-corrected chi connectivity index (χ4v) is 2.64. The lowest BCUT2D eigenvalue weighted by Crippen LogP contribution is -2.11. The Bertz CT molecular complexity index is 1100. The van der Waals surface area contributed by atoms with Crippen LogP contribution in [0.25, 0.3) is 22.8 Å². The molecule has 0 aliphatic rings. The van der Waals surface area contributed by atoms with Gasteiger partial charge in [-0.1, -0.05) is 47.1 Å². The van der Waals surface area contributed by atoms with Gasteiger partial charge >= 0.3 is 0 Å². The molecular weight excluding hydrogens is 356 g/mol. The van der Waals surface area contributed by atoms with Gasteiger partial charge in [-0.25, -0.2) is 0 Å². The molecule has 1 N–H and O–H groups in total. The summed E-state index contributed by atoms with van der Waals surface area (Å²) in [6, 6.07) is 16.6. The maximum absolute atomic E-state index is 12.4. The summed E-state index contributed by atoms with van der Waals surface area (Å²) >= 11 is 0. The van der Waals surface area contributed by atoms with Gasteiger partial charge in [-0.15, -0.1) is 0 Å². The molecule has 0 unspecified atom stereocenters. The summed E-state index contributed by atoms with van der Waals surface area (Å²) in [7, 11) is 0. The average Bonchev–Trinajstić information content (AvgIpc) is 3.39. The summed E-state index contributed by atoms with van der Waals surface area (Å²) in [5.41, 5.74) is 3.64. The van der Waals surface area contributed by atoms with Crippen molar-refractivity contribution in [1.82, 2.24) is 15.3 Å². The van der Waals surface area contributed by atoms with Crippen molar-refractivity contribution in [2.24, 2.45) is 0 Å². The molecule has 1 amide bonds. The van der Waals surface area contributed by atoms with Crippen molar-refractivity contribution in [1.29, 1.82) is 0 Å². The molecule has 4 aromatic rings. The molecule has 140 valence electrons. The number of benzene rings is 2. The topological polar surface area (TPSA) is 94.1 Å². The number of amides is 1. The van der Waals surface area contributed by atoms with Gasteiger partial charge in [-0.3, -0.25) is 4.79 Å². The fraction of sp³-hybridized carbons (Fsp3) is 0.143. The predicted molar refractivity (Wildman–Crippen MR) is 104 cm³/mol. The number of carbonyl (C=O) groups is 1. The highest BCUT2D eigenvalue weighted by molar-refractivity contribution is 6.03. The number of hydrogen-bond donors (Lipinski definition) is 1. The minimum atomic E-state index is -0.346. The van der Waals surface area contributed by atoms with E-state index in [1.54, 1.807) is 18.2 Å². The van der Waals surface area contributed by atoms with Crippen molar-refractivity contribution in [2.45, 2.75) is 20.3 Å². The Morgan fingerprint density at radius 1 is 0.964 bits per heavy atom. The molecule has 0 aliphatic carbocycles. The fourth-order valence-electron chi connectivity index (χ4n) is 2.64. The van der Waals surface area contributed by atoms with Crippen LogP contribution in [0.5, 0.6) is 0 Å². The molecule has 2 aromatic carbocycles. The quantitative estimate of drug-likeness (QED) is 0.552. The van der Waals surface area contributed by atoms with Gasteiger partial charge in [0.25, 0.3) is 11.8 Å². The van der Waals surface area contributed by atoms with E-state index < -0.39 is 0 Å². The van der Waals surface area contributed by atoms with Gasteiger partial charge in [-0.05, 0) is 31.2 Å². The highest BCUT2D eigenvalue weighted by atomic mass is 16.5. The minimum Gasteiger partial charge on any atom is -0.355 e. The molecule has 28 heavy (non-hydrogen) atoms. The van der Waals surface area contributed by atoms with E-state index in [4.69, 9.17) is 9.05 Å². The molecule has 0 aliphatic heterocycles. The Balaban J connectivity index is 1.45. The first kappa shape index (κ1) is 17.7. The van der Waals surface area contributed by atoms with Gasteiger partial charge in [0.2, 0.25) is 0 Å². The van der Waals surface area contributed by atoms with Crippen LogP contribution < -0.4 is 5.32 Å². The minimum absolute atomic E-state index is 0.212. The molecule has 2 aromatic heterocycles. The van der Waals surface area contributed by atoms with E-state index in [0.717, 1.165) is 16.7 Å². The molecule has 0 saturated carbocycles. The summed E-state index contributed by atoms with van der Waals surface area (Å²) in [4.78, 5) is 16.7. The molecule has 0 radical (unpaired) electrons. The van der Waals surface area contributed by atoms with Crippen LogP contribution in [0.1, 0.15) is 28.8 Å². The maximum Gasteiger partial charge on any atom is 0.277 e. The Morgan fingerprint density at radius 3 is 2.36 bits per heavy atom. The predicted octanol–water partition coefficient (Wildman–Crippen LogP) is 4.51. The van der Waals surface area contributed by atoms with Crippen molar-refractivity contribution in [3.8, 4) is 22.8 Å². The largest absolute Gasteiger partial charge is 0.355 e. The molecule has 4 rings (SSSR count). The Hall–Kier alpha value is -3.74. The van der Waals surface area contributed by atoms with Crippen molar-refractivity contribution in [3.05, 3.63) is 71.7 Å². The number of hydrogen-bond acceptors (Lipinski definition) is 6. The second kappa shape index (κ2) is 7.48. The SMILES string of the molecule is CCc1noc(-c2ccc(NC(=O)c3cc(-c4ccc(C)cc4)on3)cc2)n1. The number of rotatable bonds is 5. The van der Waals surface area contributed by atoms with Crippen molar-refractivity contribution < 1.29 is 13.8 Å². The number of aryl methyl sites for hydroxylation is 2. The summed E-state index contributed by atoms with van der Waals surface area (Å²) in [6.45, 7) is 3.97. The number of aromatic nitrogens is 3. The van der Waals surface area contributed by atoms with Gasteiger partial charge in [-0.2, -0.15) is 4.98 Å². The normalized spacial score (nSPS) is 10.8. The standard InChI is InChI=1S/C21H18N4O3/c1-3-19-23-21(28-25-19)15-8-10-16(11-9-15)22-20(26)17-12-18(27-24-17)14-6-4-13(2)5-7-14/h4-12H,3H2,1-2H3,(H,22,26). The molecule has 2 heterocycles. The van der Waals surface area contributed by atoms with Crippen LogP contribution in [0.4, 0.5) is 5.69 Å². The first-order chi connectivity index (χ1) is 13.6. The molecule has 0 spiro atoms. The Morgan fingerprint density at radius 2 is 1.68 bits per heavy atom. The van der Waals surface area contributed by atoms with E-state index in [2.05, 4.69) is 20.6 Å². The van der Waals surface area contributed by atoms with Gasteiger partial charge in [0.1, 0.15) is 0 Å². The zero-order valence-electron chi connectivity index (χ0n) is 15.5. The Kier molecular flexibility index (Phi) is 4.72. The number of anilines is 1. The highest BCUT2D eigenvalue weighted by Gasteiger charge is 2.14. The summed E-state index contributed by atoms with van der Waals surface area (Å²) in [5.74, 6) is 1.31. The zero-order chi connectivity index (χ0) is 19.5. The van der Waals surface area contributed by atoms with Crippen LogP contribution in [0.3, 0.4) is 0 Å². The van der Waals surface area contributed by atoms with E-state index >= 15 is 0 Å². The van der Waals surface area contributed by atoms with Crippen molar-refractivity contribution in [3.63, 3.8) is 0 Å². The van der Waals surface area contributed by atoms with Crippen molar-refractivity contribution >= 4 is 11.6 Å². The third kappa shape index (κ3) is 3.68. The summed E-state index contributed by atoms with van der Waals surface area (Å²) in [6.07, 6.45) is 0.708. The number of nitrogens with zero attached hydrogens (tertiary/aromatic N) is 3. The van der Waals surface area contributed by atoms with Crippen LogP contribution in [-0.2, 0) is 6.42 Å². The second-order valence-electron chi connectivity index (χ2n) is 6.34. The summed E-state index contributed by atoms with van der Waals surface area (Å²) in [5, 5.41) is 10.5. The lowest BCUT2D eigenvalue weighted by molar-refractivity contribution is 0.101. The van der Waals surface area contributed by atoms with E-state index in [-0.39, 0.29) is 11.6 Å². The molecular formula is C21H18N4O3. The van der Waals surface area contributed by atoms with Gasteiger partial charge in [0.05, 0.1) is 0 Å². The zero-order valence-corrected chi connectivity index (χ0v) is 15.5. The van der Waals surface area contributed by atoms with Crippen LogP contribution in [0.15, 0.2) is 63.6 Å². The summed E-state index contributed by atoms with van der Waals surface area (Å²) < 4.78 is 10.5. The van der Waals surface area contributed by atoms with Crippen LogP contribution in [-0.4, -0.2) is 21.2 Å². The van der Waals surface area contributed by atoms with Crippen molar-refractivity contribution in [2.75, 3.05) is 5.32 Å². The second-order valence-corrected chi connectivity index (χ2v) is 6.34. The van der Waals surface area contributed by atoms with Crippen LogP contribution in [0.2, 0.25) is 0 Å². The van der Waals surface area contributed by atoms with Crippen LogP contribution in [0, 0.1) is 6.92 Å². The third-order valence-corrected chi connectivity index (χ3v) is 4.25. The molecule has 0 bridgehead atoms. The molecule has 0 saturated heterocycles. The number of nitrogens with one attached hydrogen (secondary N) is 1. The third-order valence-electron chi connectivity index (χ3n) is 4.25. The van der Waals surface area contributed by atoms with E-state index in [0.29, 0.717) is 29.6 Å². The smallest absolute Gasteiger partial charge is 0.277 e. The monoisotopic (exact) mass is 374 g/mol. The molecule has 7 nitrogen and oxygen atoms in total. The maximum atomic E-state index is 12.4. The van der Waals surface area contributed by atoms with E-state index in [9.17, 15) is 4.79 Å².